The summed E-state index contributed by atoms with van der Waals surface area (Å²) >= 11 is 12.1. The van der Waals surface area contributed by atoms with Gasteiger partial charge in [-0.1, -0.05) is 41.4 Å². The molecule has 0 radical (unpaired) electrons. The number of likely N-dealkylation sites (tertiary alicyclic amines) is 1. The van der Waals surface area contributed by atoms with Crippen molar-refractivity contribution >= 4 is 47.5 Å². The molecule has 0 aliphatic carbocycles. The largest absolute Gasteiger partial charge is 0.482 e. The van der Waals surface area contributed by atoms with Gasteiger partial charge in [0.05, 0.1) is 22.5 Å². The van der Waals surface area contributed by atoms with Gasteiger partial charge in [-0.25, -0.2) is 4.79 Å². The van der Waals surface area contributed by atoms with Crippen LogP contribution in [0, 0.1) is 0 Å². The van der Waals surface area contributed by atoms with Crippen molar-refractivity contribution in [2.24, 2.45) is 0 Å². The van der Waals surface area contributed by atoms with E-state index in [0.717, 1.165) is 37.1 Å². The lowest BCUT2D eigenvalue weighted by Crippen LogP contribution is -2.39. The molecule has 0 spiro atoms. The first kappa shape index (κ1) is 26.3. The van der Waals surface area contributed by atoms with E-state index in [-0.39, 0.29) is 30.8 Å². The topological polar surface area (TPSA) is 70.1 Å². The number of carbonyl (C=O) groups excluding carboxylic acids is 1. The van der Waals surface area contributed by atoms with Crippen molar-refractivity contribution in [1.29, 1.82) is 0 Å². The molecule has 1 fully saturated rings. The predicted octanol–water partition coefficient (Wildman–Crippen LogP) is 4.72. The molecule has 0 bridgehead atoms. The third-order valence-corrected chi connectivity index (χ3v) is 6.17. The fourth-order valence-electron chi connectivity index (χ4n) is 3.74. The number of ether oxygens (including phenoxy) is 1. The van der Waals surface area contributed by atoms with E-state index in [1.807, 2.05) is 18.2 Å². The van der Waals surface area contributed by atoms with Crippen molar-refractivity contribution in [1.82, 2.24) is 9.80 Å². The summed E-state index contributed by atoms with van der Waals surface area (Å²) in [5.74, 6) is -0.607. The minimum atomic E-state index is -1.03. The SMILES string of the molecule is CN(C(=O)Cc1ccc(Cl)c(Cl)c1)[C@@H](CN1CCCC1)c1cccc(OCC(=O)O)c1.Cl. The van der Waals surface area contributed by atoms with Crippen molar-refractivity contribution in [3.8, 4) is 5.75 Å². The molecule has 9 heteroatoms. The van der Waals surface area contributed by atoms with Crippen LogP contribution in [0.5, 0.6) is 5.75 Å². The number of likely N-dealkylation sites (N-methyl/N-ethyl adjacent to an activating group) is 1. The van der Waals surface area contributed by atoms with Crippen LogP contribution in [0.4, 0.5) is 0 Å². The van der Waals surface area contributed by atoms with E-state index >= 15 is 0 Å². The lowest BCUT2D eigenvalue weighted by Gasteiger charge is -2.32. The quantitative estimate of drug-likeness (QED) is 0.538. The molecule has 2 aromatic carbocycles. The molecule has 1 N–H and O–H groups in total. The number of carboxylic acids is 1. The number of rotatable bonds is 9. The molecule has 1 saturated heterocycles. The number of hydrogen-bond donors (Lipinski definition) is 1. The molecule has 1 amide bonds. The van der Waals surface area contributed by atoms with Crippen LogP contribution >= 0.6 is 35.6 Å². The fourth-order valence-corrected chi connectivity index (χ4v) is 4.06. The monoisotopic (exact) mass is 500 g/mol. The zero-order valence-electron chi connectivity index (χ0n) is 17.8. The van der Waals surface area contributed by atoms with Gasteiger partial charge in [-0.2, -0.15) is 0 Å². The van der Waals surface area contributed by atoms with E-state index in [0.29, 0.717) is 22.3 Å². The summed E-state index contributed by atoms with van der Waals surface area (Å²) in [5.41, 5.74) is 1.70. The van der Waals surface area contributed by atoms with Gasteiger partial charge in [0, 0.05) is 13.6 Å². The second kappa shape index (κ2) is 12.3. The zero-order valence-corrected chi connectivity index (χ0v) is 20.1. The maximum Gasteiger partial charge on any atom is 0.341 e. The Morgan fingerprint density at radius 3 is 2.50 bits per heavy atom. The lowest BCUT2D eigenvalue weighted by atomic mass is 10.0. The van der Waals surface area contributed by atoms with Gasteiger partial charge in [-0.3, -0.25) is 4.79 Å². The van der Waals surface area contributed by atoms with Crippen LogP contribution in [0.15, 0.2) is 42.5 Å². The van der Waals surface area contributed by atoms with Gasteiger partial charge in [-0.15, -0.1) is 12.4 Å². The lowest BCUT2D eigenvalue weighted by molar-refractivity contribution is -0.139. The first-order valence-corrected chi connectivity index (χ1v) is 11.0. The smallest absolute Gasteiger partial charge is 0.341 e. The molecule has 1 aliphatic heterocycles. The van der Waals surface area contributed by atoms with E-state index in [1.165, 1.54) is 0 Å². The molecule has 0 unspecified atom stereocenters. The Kier molecular flexibility index (Phi) is 10.1. The highest BCUT2D eigenvalue weighted by atomic mass is 35.5. The molecule has 6 nitrogen and oxygen atoms in total. The second-order valence-electron chi connectivity index (χ2n) is 7.71. The van der Waals surface area contributed by atoms with Gasteiger partial charge >= 0.3 is 5.97 Å². The van der Waals surface area contributed by atoms with Crippen molar-refractivity contribution in [2.75, 3.05) is 33.3 Å². The Morgan fingerprint density at radius 1 is 1.12 bits per heavy atom. The van der Waals surface area contributed by atoms with Crippen molar-refractivity contribution in [3.05, 3.63) is 63.6 Å². The van der Waals surface area contributed by atoms with Crippen LogP contribution in [0.2, 0.25) is 10.0 Å². The third kappa shape index (κ3) is 7.27. The van der Waals surface area contributed by atoms with Gasteiger partial charge in [0.2, 0.25) is 5.91 Å². The Labute approximate surface area is 204 Å². The van der Waals surface area contributed by atoms with Gasteiger partial charge in [0.25, 0.3) is 0 Å². The summed E-state index contributed by atoms with van der Waals surface area (Å²) in [6.45, 7) is 2.29. The Hall–Kier alpha value is -1.99. The fraction of sp³-hybridized carbons (Fsp3) is 0.391. The van der Waals surface area contributed by atoms with Crippen LogP contribution < -0.4 is 4.74 Å². The van der Waals surface area contributed by atoms with Gasteiger partial charge in [0.1, 0.15) is 5.75 Å². The van der Waals surface area contributed by atoms with Gasteiger partial charge in [0.15, 0.2) is 6.61 Å². The molecule has 1 heterocycles. The first-order chi connectivity index (χ1) is 14.8. The van der Waals surface area contributed by atoms with Gasteiger partial charge < -0.3 is 19.6 Å². The first-order valence-electron chi connectivity index (χ1n) is 10.2. The molecule has 1 atom stereocenters. The summed E-state index contributed by atoms with van der Waals surface area (Å²) in [6, 6.07) is 12.3. The standard InChI is InChI=1S/C23H26Cl2N2O4.ClH/c1-26(22(28)12-16-7-8-19(24)20(25)11-16)21(14-27-9-2-3-10-27)17-5-4-6-18(13-17)31-15-23(29)30;/h4-8,11,13,21H,2-3,9-10,12,14-15H2,1H3,(H,29,30);1H/t21-;/m0./s1. The molecular weight excluding hydrogens is 475 g/mol. The van der Waals surface area contributed by atoms with Crippen LogP contribution in [0.1, 0.15) is 30.0 Å². The van der Waals surface area contributed by atoms with Crippen molar-refractivity contribution in [3.63, 3.8) is 0 Å². The maximum absolute atomic E-state index is 13.1. The maximum atomic E-state index is 13.1. The number of nitrogens with zero attached hydrogens (tertiary/aromatic N) is 2. The van der Waals surface area contributed by atoms with E-state index in [9.17, 15) is 9.59 Å². The average molecular weight is 502 g/mol. The summed E-state index contributed by atoms with van der Waals surface area (Å²) < 4.78 is 5.34. The number of benzene rings is 2. The molecule has 0 aromatic heterocycles. The summed E-state index contributed by atoms with van der Waals surface area (Å²) in [6.07, 6.45) is 2.50. The second-order valence-corrected chi connectivity index (χ2v) is 8.52. The number of aliphatic carboxylic acids is 1. The number of halogens is 3. The Morgan fingerprint density at radius 2 is 1.84 bits per heavy atom. The van der Waals surface area contributed by atoms with Crippen LogP contribution in [-0.2, 0) is 16.0 Å². The highest BCUT2D eigenvalue weighted by molar-refractivity contribution is 6.42. The minimum Gasteiger partial charge on any atom is -0.482 e. The van der Waals surface area contributed by atoms with E-state index in [4.69, 9.17) is 33.0 Å². The molecule has 3 rings (SSSR count). The molecular formula is C23H27Cl3N2O4. The van der Waals surface area contributed by atoms with Crippen LogP contribution in [-0.4, -0.2) is 60.1 Å². The Bertz CT molecular complexity index is 935. The molecule has 32 heavy (non-hydrogen) atoms. The molecule has 1 aliphatic rings. The van der Waals surface area contributed by atoms with E-state index in [2.05, 4.69) is 4.90 Å². The highest BCUT2D eigenvalue weighted by Gasteiger charge is 2.26. The average Bonchev–Trinajstić information content (AvgIpc) is 3.26. The summed E-state index contributed by atoms with van der Waals surface area (Å²) in [4.78, 5) is 28.0. The van der Waals surface area contributed by atoms with Gasteiger partial charge in [-0.05, 0) is 61.3 Å². The number of carboxylic acid groups (broad SMARTS) is 1. The Balaban J connectivity index is 0.00000363. The molecule has 0 saturated carbocycles. The number of hydrogen-bond acceptors (Lipinski definition) is 4. The van der Waals surface area contributed by atoms with E-state index < -0.39 is 12.6 Å². The predicted molar refractivity (Wildman–Crippen MR) is 128 cm³/mol. The van der Waals surface area contributed by atoms with Crippen LogP contribution in [0.25, 0.3) is 0 Å². The molecule has 2 aromatic rings. The summed E-state index contributed by atoms with van der Waals surface area (Å²) in [7, 11) is 1.80. The normalized spacial score (nSPS) is 14.5. The molecule has 174 valence electrons. The third-order valence-electron chi connectivity index (χ3n) is 5.44. The van der Waals surface area contributed by atoms with Crippen LogP contribution in [0.3, 0.4) is 0 Å². The van der Waals surface area contributed by atoms with Crippen molar-refractivity contribution < 1.29 is 19.4 Å². The van der Waals surface area contributed by atoms with Crippen molar-refractivity contribution in [2.45, 2.75) is 25.3 Å². The number of carbonyl (C=O) groups is 2. The minimum absolute atomic E-state index is 0. The summed E-state index contributed by atoms with van der Waals surface area (Å²) in [5, 5.41) is 9.76. The van der Waals surface area contributed by atoms with E-state index in [1.54, 1.807) is 36.2 Å². The highest BCUT2D eigenvalue weighted by Crippen LogP contribution is 2.28. The number of amides is 1. The zero-order chi connectivity index (χ0) is 22.4.